The summed E-state index contributed by atoms with van der Waals surface area (Å²) in [7, 11) is 0. The van der Waals surface area contributed by atoms with Crippen molar-refractivity contribution in [2.24, 2.45) is 0 Å². The molecule has 0 aliphatic rings. The quantitative estimate of drug-likeness (QED) is 0.530. The van der Waals surface area contributed by atoms with E-state index >= 15 is 0 Å². The number of carboxylic acid groups (broad SMARTS) is 1. The SMILES string of the molecule is CC(=O)O.[Mn].[O]=[Mn](=[O])(=[O])[OH]. The van der Waals surface area contributed by atoms with Crippen LogP contribution < -0.4 is 0 Å². The van der Waals surface area contributed by atoms with Crippen LogP contribution in [0.1, 0.15) is 6.92 Å². The summed E-state index contributed by atoms with van der Waals surface area (Å²) in [5.41, 5.74) is 0. The van der Waals surface area contributed by atoms with Crippen molar-refractivity contribution < 1.29 is 55.6 Å². The molecule has 0 spiro atoms. The van der Waals surface area contributed by atoms with E-state index < -0.39 is 18.9 Å². The standard InChI is InChI=1S/C2H4O2.2Mn.H2O.3O/c1-2(3)4;;;;;;/h1H3,(H,3,4);;;1H2;;;/q;;+1;;;;/p-1. The van der Waals surface area contributed by atoms with E-state index in [0.29, 0.717) is 0 Å². The molecule has 0 fully saturated rings. The summed E-state index contributed by atoms with van der Waals surface area (Å²) in [6.07, 6.45) is 0. The van der Waals surface area contributed by atoms with Crippen molar-refractivity contribution in [1.82, 2.24) is 0 Å². The average molecular weight is 235 g/mol. The predicted octanol–water partition coefficient (Wildman–Crippen LogP) is -0.827. The topological polar surface area (TPSA) is 109 Å². The summed E-state index contributed by atoms with van der Waals surface area (Å²) < 4.78 is 33.1. The average Bonchev–Trinajstić information content (AvgIpc) is 1.19. The zero-order chi connectivity index (χ0) is 8.08. The Labute approximate surface area is 68.9 Å². The first-order chi connectivity index (χ1) is 3.73. The first-order valence-corrected chi connectivity index (χ1v) is 3.53. The van der Waals surface area contributed by atoms with Crippen LogP contribution in [0.5, 0.6) is 0 Å². The van der Waals surface area contributed by atoms with Gasteiger partial charge in [0.25, 0.3) is 5.97 Å². The molecular weight excluding hydrogens is 230 g/mol. The number of hydrogen-bond acceptors (Lipinski definition) is 4. The molecule has 1 radical (unpaired) electrons. The molecule has 8 heteroatoms. The monoisotopic (exact) mass is 235 g/mol. The molecule has 0 aromatic heterocycles. The van der Waals surface area contributed by atoms with Crippen molar-refractivity contribution in [3.63, 3.8) is 0 Å². The Morgan fingerprint density at radius 2 is 1.30 bits per heavy atom. The van der Waals surface area contributed by atoms with Crippen LogP contribution >= 0.6 is 0 Å². The molecule has 0 saturated carbocycles. The van der Waals surface area contributed by atoms with Crippen LogP contribution in [-0.2, 0) is 46.3 Å². The summed E-state index contributed by atoms with van der Waals surface area (Å²) in [6, 6.07) is 0. The molecule has 0 unspecified atom stereocenters. The molecule has 2 N–H and O–H groups in total. The van der Waals surface area contributed by atoms with Crippen molar-refractivity contribution in [3.8, 4) is 0 Å². The zero-order valence-electron chi connectivity index (χ0n) is 4.78. The van der Waals surface area contributed by atoms with Crippen LogP contribution in [0.25, 0.3) is 0 Å². The van der Waals surface area contributed by atoms with Crippen LogP contribution in [0.3, 0.4) is 0 Å². The van der Waals surface area contributed by atoms with E-state index in [-0.39, 0.29) is 17.1 Å². The molecule has 0 aliphatic carbocycles. The van der Waals surface area contributed by atoms with Crippen molar-refractivity contribution >= 4 is 5.97 Å². The maximum atomic E-state index is 9.00. The Hall–Kier alpha value is -0.131. The minimum absolute atomic E-state index is 0. The van der Waals surface area contributed by atoms with Crippen LogP contribution in [0, 0.1) is 0 Å². The van der Waals surface area contributed by atoms with Gasteiger partial charge in [-0.1, -0.05) is 0 Å². The molecule has 6 nitrogen and oxygen atoms in total. The van der Waals surface area contributed by atoms with Gasteiger partial charge in [-0.05, 0) is 0 Å². The third-order valence-electron chi connectivity index (χ3n) is 0. The van der Waals surface area contributed by atoms with E-state index in [4.69, 9.17) is 25.6 Å². The predicted molar refractivity (Wildman–Crippen MR) is 17.6 cm³/mol. The molecule has 0 rings (SSSR count). The van der Waals surface area contributed by atoms with Gasteiger partial charge in [-0.3, -0.25) is 4.79 Å². The molecular formula is C2H5Mn2O6. The summed E-state index contributed by atoms with van der Waals surface area (Å²) >= 11 is -5.38. The first-order valence-electron chi connectivity index (χ1n) is 1.56. The molecule has 0 aromatic rings. The van der Waals surface area contributed by atoms with Crippen LogP contribution in [-0.4, -0.2) is 15.3 Å². The van der Waals surface area contributed by atoms with Crippen LogP contribution in [0.2, 0.25) is 0 Å². The van der Waals surface area contributed by atoms with E-state index in [0.717, 1.165) is 6.92 Å². The van der Waals surface area contributed by atoms with Gasteiger partial charge in [-0.25, -0.2) is 0 Å². The van der Waals surface area contributed by atoms with E-state index in [1.165, 1.54) is 0 Å². The maximum absolute atomic E-state index is 9.00. The van der Waals surface area contributed by atoms with Gasteiger partial charge in [-0.15, -0.1) is 0 Å². The van der Waals surface area contributed by atoms with Gasteiger partial charge in [0.1, 0.15) is 0 Å². The Bertz CT molecular complexity index is 199. The normalized spacial score (nSPS) is 8.20. The Morgan fingerprint density at radius 1 is 1.30 bits per heavy atom. The number of rotatable bonds is 0. The second-order valence-electron chi connectivity index (χ2n) is 0.915. The van der Waals surface area contributed by atoms with E-state index in [2.05, 4.69) is 0 Å². The number of carboxylic acids is 1. The molecule has 0 saturated heterocycles. The third-order valence-corrected chi connectivity index (χ3v) is 0. The van der Waals surface area contributed by atoms with Gasteiger partial charge >= 0.3 is 28.7 Å². The molecule has 10 heavy (non-hydrogen) atoms. The molecule has 0 aromatic carbocycles. The summed E-state index contributed by atoms with van der Waals surface area (Å²) in [6.45, 7) is 1.08. The zero-order valence-corrected chi connectivity index (χ0v) is 7.14. The van der Waals surface area contributed by atoms with Crippen LogP contribution in [0.15, 0.2) is 0 Å². The fourth-order valence-electron chi connectivity index (χ4n) is 0. The summed E-state index contributed by atoms with van der Waals surface area (Å²) in [5, 5.41) is 7.42. The number of aliphatic carboxylic acids is 1. The second-order valence-corrected chi connectivity index (χ2v) is 2.15. The third kappa shape index (κ3) is 21600. The van der Waals surface area contributed by atoms with Gasteiger partial charge in [0, 0.05) is 24.0 Å². The molecule has 0 atom stereocenters. The molecule has 0 amide bonds. The van der Waals surface area contributed by atoms with Gasteiger partial charge in [0.2, 0.25) is 0 Å². The Kier molecular flexibility index (Phi) is 11.5. The van der Waals surface area contributed by atoms with Crippen molar-refractivity contribution in [2.75, 3.05) is 0 Å². The van der Waals surface area contributed by atoms with Gasteiger partial charge in [0.15, 0.2) is 0 Å². The first kappa shape index (κ1) is 16.5. The van der Waals surface area contributed by atoms with Gasteiger partial charge in [-0.2, -0.15) is 0 Å². The Morgan fingerprint density at radius 3 is 1.30 bits per heavy atom. The second kappa shape index (κ2) is 6.98. The van der Waals surface area contributed by atoms with Crippen LogP contribution in [0.4, 0.5) is 0 Å². The molecule has 63 valence electrons. The van der Waals surface area contributed by atoms with Crippen molar-refractivity contribution in [2.45, 2.75) is 6.92 Å². The summed E-state index contributed by atoms with van der Waals surface area (Å²) in [5.74, 6) is -0.833. The molecule has 0 aliphatic heterocycles. The fourth-order valence-corrected chi connectivity index (χ4v) is 0. The van der Waals surface area contributed by atoms with Gasteiger partial charge in [0.05, 0.1) is 0 Å². The van der Waals surface area contributed by atoms with E-state index in [1.807, 2.05) is 0 Å². The molecule has 0 bridgehead atoms. The van der Waals surface area contributed by atoms with E-state index in [9.17, 15) is 0 Å². The minimum atomic E-state index is -5.38. The number of hydrogen-bond donors (Lipinski definition) is 2. The summed E-state index contributed by atoms with van der Waals surface area (Å²) in [4.78, 5) is 9.00. The van der Waals surface area contributed by atoms with Gasteiger partial charge < -0.3 is 5.11 Å². The Balaban J connectivity index is -0.0000000910. The van der Waals surface area contributed by atoms with Crippen molar-refractivity contribution in [1.29, 1.82) is 0 Å². The number of carbonyl (C=O) groups is 1. The molecule has 0 heterocycles. The fraction of sp³-hybridized carbons (Fsp3) is 0.500. The van der Waals surface area contributed by atoms with E-state index in [1.54, 1.807) is 0 Å². The van der Waals surface area contributed by atoms with Crippen molar-refractivity contribution in [3.05, 3.63) is 0 Å².